The summed E-state index contributed by atoms with van der Waals surface area (Å²) in [6.07, 6.45) is 1.82. The lowest BCUT2D eigenvalue weighted by Crippen LogP contribution is -2.01. The van der Waals surface area contributed by atoms with Crippen LogP contribution in [0.15, 0.2) is 54.7 Å². The molecule has 1 heterocycles. The van der Waals surface area contributed by atoms with Crippen LogP contribution in [0.5, 0.6) is 0 Å². The first-order valence-corrected chi connectivity index (χ1v) is 5.88. The minimum Gasteiger partial charge on any atom is -0.260 e. The molecule has 5 heteroatoms. The number of non-ortho nitro benzene ring substituents is 1. The second-order valence-electron chi connectivity index (χ2n) is 4.28. The Hall–Kier alpha value is -2.69. The fourth-order valence-corrected chi connectivity index (χ4v) is 2.05. The molecule has 2 aromatic carbocycles. The molecule has 0 amide bonds. The van der Waals surface area contributed by atoms with Gasteiger partial charge in [0.2, 0.25) is 0 Å². The van der Waals surface area contributed by atoms with E-state index in [1.54, 1.807) is 12.1 Å². The first kappa shape index (κ1) is 11.4. The molecule has 3 rings (SSSR count). The van der Waals surface area contributed by atoms with Crippen molar-refractivity contribution in [2.75, 3.05) is 0 Å². The zero-order chi connectivity index (χ0) is 13.2. The van der Waals surface area contributed by atoms with Gasteiger partial charge in [-0.25, -0.2) is 0 Å². The number of nitro groups is 1. The van der Waals surface area contributed by atoms with Crippen LogP contribution in [0, 0.1) is 10.1 Å². The molecule has 3 aromatic rings. The van der Waals surface area contributed by atoms with E-state index in [1.807, 2.05) is 35.1 Å². The fourth-order valence-electron chi connectivity index (χ4n) is 2.05. The highest BCUT2D eigenvalue weighted by molar-refractivity contribution is 5.78. The third-order valence-electron chi connectivity index (χ3n) is 3.03. The molecule has 0 unspecified atom stereocenters. The molecule has 19 heavy (non-hydrogen) atoms. The maximum absolute atomic E-state index is 10.6. The lowest BCUT2D eigenvalue weighted by Gasteiger charge is -2.03. The standard InChI is InChI=1S/C14H11N3O2/c18-17(19)13-7-5-11(6-8-13)10-16-14-4-2-1-3-12(14)9-15-16/h1-9H,10H2. The minimum atomic E-state index is -0.396. The molecule has 0 aliphatic heterocycles. The van der Waals surface area contributed by atoms with Crippen molar-refractivity contribution in [3.05, 3.63) is 70.4 Å². The zero-order valence-electron chi connectivity index (χ0n) is 10.1. The van der Waals surface area contributed by atoms with Gasteiger partial charge >= 0.3 is 0 Å². The van der Waals surface area contributed by atoms with Gasteiger partial charge in [-0.15, -0.1) is 0 Å². The van der Waals surface area contributed by atoms with Gasteiger partial charge in [-0.1, -0.05) is 30.3 Å². The second-order valence-corrected chi connectivity index (χ2v) is 4.28. The summed E-state index contributed by atoms with van der Waals surface area (Å²) in [6.45, 7) is 0.603. The average molecular weight is 253 g/mol. The van der Waals surface area contributed by atoms with E-state index in [2.05, 4.69) is 5.10 Å². The van der Waals surface area contributed by atoms with Gasteiger partial charge in [-0.3, -0.25) is 14.8 Å². The number of hydrogen-bond acceptors (Lipinski definition) is 3. The Labute approximate surface area is 109 Å². The summed E-state index contributed by atoms with van der Waals surface area (Å²) >= 11 is 0. The van der Waals surface area contributed by atoms with Crippen LogP contribution in [0.1, 0.15) is 5.56 Å². The number of nitro benzene ring substituents is 1. The number of rotatable bonds is 3. The Morgan fingerprint density at radius 1 is 1.11 bits per heavy atom. The molecule has 0 atom stereocenters. The summed E-state index contributed by atoms with van der Waals surface area (Å²) in [5, 5.41) is 16.0. The third kappa shape index (κ3) is 2.18. The number of benzene rings is 2. The van der Waals surface area contributed by atoms with Crippen molar-refractivity contribution in [1.29, 1.82) is 0 Å². The molecular weight excluding hydrogens is 242 g/mol. The van der Waals surface area contributed by atoms with E-state index in [0.29, 0.717) is 6.54 Å². The van der Waals surface area contributed by atoms with E-state index in [1.165, 1.54) is 12.1 Å². The van der Waals surface area contributed by atoms with Gasteiger partial charge in [0.15, 0.2) is 0 Å². The number of nitrogens with zero attached hydrogens (tertiary/aromatic N) is 3. The molecule has 0 bridgehead atoms. The van der Waals surface area contributed by atoms with Crippen molar-refractivity contribution in [1.82, 2.24) is 9.78 Å². The second kappa shape index (κ2) is 4.53. The van der Waals surface area contributed by atoms with Gasteiger partial charge in [0.25, 0.3) is 5.69 Å². The number of hydrogen-bond donors (Lipinski definition) is 0. The zero-order valence-corrected chi connectivity index (χ0v) is 10.1. The largest absolute Gasteiger partial charge is 0.269 e. The smallest absolute Gasteiger partial charge is 0.260 e. The summed E-state index contributed by atoms with van der Waals surface area (Å²) < 4.78 is 1.89. The Kier molecular flexibility index (Phi) is 2.72. The number of aromatic nitrogens is 2. The third-order valence-corrected chi connectivity index (χ3v) is 3.03. The van der Waals surface area contributed by atoms with Crippen LogP contribution in [0.2, 0.25) is 0 Å². The molecule has 94 valence electrons. The van der Waals surface area contributed by atoms with Gasteiger partial charge in [-0.05, 0) is 11.6 Å². The SMILES string of the molecule is O=[N+]([O-])c1ccc(Cn2ncc3ccccc32)cc1. The molecule has 0 spiro atoms. The van der Waals surface area contributed by atoms with Crippen LogP contribution in [0.3, 0.4) is 0 Å². The van der Waals surface area contributed by atoms with Crippen LogP contribution in [0.25, 0.3) is 10.9 Å². The Morgan fingerprint density at radius 3 is 2.58 bits per heavy atom. The Bertz CT molecular complexity index is 732. The van der Waals surface area contributed by atoms with Crippen LogP contribution in [-0.4, -0.2) is 14.7 Å². The molecule has 5 nitrogen and oxygen atoms in total. The van der Waals surface area contributed by atoms with Crippen molar-refractivity contribution in [3.8, 4) is 0 Å². The fraction of sp³-hybridized carbons (Fsp3) is 0.0714. The topological polar surface area (TPSA) is 61.0 Å². The molecule has 0 aliphatic rings. The van der Waals surface area contributed by atoms with Crippen LogP contribution in [-0.2, 0) is 6.54 Å². The van der Waals surface area contributed by atoms with Crippen molar-refractivity contribution in [2.24, 2.45) is 0 Å². The van der Waals surface area contributed by atoms with E-state index in [-0.39, 0.29) is 5.69 Å². The van der Waals surface area contributed by atoms with E-state index in [0.717, 1.165) is 16.5 Å². The quantitative estimate of drug-likeness (QED) is 0.532. The maximum Gasteiger partial charge on any atom is 0.269 e. The summed E-state index contributed by atoms with van der Waals surface area (Å²) in [5.74, 6) is 0. The van der Waals surface area contributed by atoms with Gasteiger partial charge in [0.05, 0.1) is 23.2 Å². The molecule has 1 aromatic heterocycles. The van der Waals surface area contributed by atoms with Crippen molar-refractivity contribution < 1.29 is 4.92 Å². The first-order valence-electron chi connectivity index (χ1n) is 5.88. The summed E-state index contributed by atoms with van der Waals surface area (Å²) in [5.41, 5.74) is 2.15. The maximum atomic E-state index is 10.6. The monoisotopic (exact) mass is 253 g/mol. The molecule has 0 aliphatic carbocycles. The van der Waals surface area contributed by atoms with Crippen LogP contribution >= 0.6 is 0 Å². The number of para-hydroxylation sites is 1. The molecule has 0 radical (unpaired) electrons. The predicted molar refractivity (Wildman–Crippen MR) is 71.9 cm³/mol. The molecular formula is C14H11N3O2. The van der Waals surface area contributed by atoms with Crippen molar-refractivity contribution in [2.45, 2.75) is 6.54 Å². The first-order chi connectivity index (χ1) is 9.24. The van der Waals surface area contributed by atoms with E-state index in [4.69, 9.17) is 0 Å². The lowest BCUT2D eigenvalue weighted by atomic mass is 10.2. The molecule has 0 saturated heterocycles. The highest BCUT2D eigenvalue weighted by Gasteiger charge is 2.06. The summed E-state index contributed by atoms with van der Waals surface area (Å²) in [6, 6.07) is 14.5. The van der Waals surface area contributed by atoms with Gasteiger partial charge in [0.1, 0.15) is 0 Å². The van der Waals surface area contributed by atoms with Crippen molar-refractivity contribution in [3.63, 3.8) is 0 Å². The lowest BCUT2D eigenvalue weighted by molar-refractivity contribution is -0.384. The van der Waals surface area contributed by atoms with Crippen LogP contribution < -0.4 is 0 Å². The van der Waals surface area contributed by atoms with E-state index in [9.17, 15) is 10.1 Å². The normalized spacial score (nSPS) is 10.7. The van der Waals surface area contributed by atoms with Crippen molar-refractivity contribution >= 4 is 16.6 Å². The van der Waals surface area contributed by atoms with E-state index >= 15 is 0 Å². The predicted octanol–water partition coefficient (Wildman–Crippen LogP) is 2.99. The van der Waals surface area contributed by atoms with E-state index < -0.39 is 4.92 Å². The average Bonchev–Trinajstić information content (AvgIpc) is 2.83. The van der Waals surface area contributed by atoms with Gasteiger partial charge < -0.3 is 0 Å². The molecule has 0 fully saturated rings. The molecule has 0 saturated carbocycles. The van der Waals surface area contributed by atoms with Gasteiger partial charge in [-0.2, -0.15) is 5.10 Å². The highest BCUT2D eigenvalue weighted by atomic mass is 16.6. The number of fused-ring (bicyclic) bond motifs is 1. The minimum absolute atomic E-state index is 0.106. The summed E-state index contributed by atoms with van der Waals surface area (Å²) in [7, 11) is 0. The van der Waals surface area contributed by atoms with Crippen LogP contribution in [0.4, 0.5) is 5.69 Å². The summed E-state index contributed by atoms with van der Waals surface area (Å²) in [4.78, 5) is 10.2. The molecule has 0 N–H and O–H groups in total. The Balaban J connectivity index is 1.90. The highest BCUT2D eigenvalue weighted by Crippen LogP contribution is 2.16. The van der Waals surface area contributed by atoms with Gasteiger partial charge in [0, 0.05) is 17.5 Å². The Morgan fingerprint density at radius 2 is 1.84 bits per heavy atom.